The van der Waals surface area contributed by atoms with Gasteiger partial charge in [-0.1, -0.05) is 21.8 Å². The molecule has 650 valence electrons. The van der Waals surface area contributed by atoms with Crippen LogP contribution in [0.2, 0.25) is 0 Å². The number of phenolic OH excluding ortho intramolecular Hbond substituents is 2. The van der Waals surface area contributed by atoms with Gasteiger partial charge in [0.2, 0.25) is 12.2 Å². The van der Waals surface area contributed by atoms with Crippen molar-refractivity contribution in [2.75, 3.05) is 135 Å². The molecule has 3 fully saturated rings. The number of aliphatic imine (C=N–C) groups is 2. The minimum absolute atomic E-state index is 0. The average Bonchev–Trinajstić information content (AvgIpc) is 1.75. The third-order valence-electron chi connectivity index (χ3n) is 14.6. The average molecular weight is 1740 g/mol. The maximum Gasteiger partial charge on any atom is 1.00 e. The number of hydrogen-bond acceptors (Lipinski definition) is 36. The molecule has 7 rings (SSSR count). The molecule has 2 aliphatic carbocycles. The van der Waals surface area contributed by atoms with E-state index in [4.69, 9.17) is 73.5 Å². The van der Waals surface area contributed by atoms with Crippen molar-refractivity contribution >= 4 is 91.2 Å². The molecule has 3 aliphatic rings. The van der Waals surface area contributed by atoms with Crippen LogP contribution in [0.4, 0.5) is 19.2 Å². The third kappa shape index (κ3) is 57.3. The van der Waals surface area contributed by atoms with Crippen LogP contribution in [0.15, 0.2) is 107 Å². The van der Waals surface area contributed by atoms with Gasteiger partial charge < -0.3 is 124 Å². The zero-order valence-electron chi connectivity index (χ0n) is 67.2. The number of carbonyl (C=O) groups excluding carboxylic acids is 11. The number of hydrogen-bond donors (Lipinski definition) is 9. The molecule has 0 unspecified atom stereocenters. The minimum atomic E-state index is -0.780. The van der Waals surface area contributed by atoms with Crippen LogP contribution >= 0.6 is 0 Å². The van der Waals surface area contributed by atoms with E-state index in [0.29, 0.717) is 75.9 Å². The van der Waals surface area contributed by atoms with Crippen LogP contribution in [0.5, 0.6) is 46.0 Å². The summed E-state index contributed by atoms with van der Waals surface area (Å²) in [6.45, 7) is 2.89. The molecule has 3 amide bonds. The molecule has 41 heteroatoms. The van der Waals surface area contributed by atoms with Crippen molar-refractivity contribution in [1.29, 1.82) is 0 Å². The van der Waals surface area contributed by atoms with Gasteiger partial charge in [0, 0.05) is 59.6 Å². The Hall–Kier alpha value is -9.50. The number of phenols is 2. The number of nitrogens with one attached hydrogen (secondary N) is 3. The molecule has 1 saturated heterocycles. The number of carbonyl (C=O) groups is 9. The first kappa shape index (κ1) is 116. The third-order valence-corrected chi connectivity index (χ3v) is 14.6. The molecule has 1 heterocycles. The first-order chi connectivity index (χ1) is 55.5. The standard InChI is InChI=1S/C26H37N3O10.2C14H18O6.C10H10O4.C8H10N2O2.C3H4O3.CH2O3.2CH4.2K.H/c1-18-4-7-20(8-5-18)29-26(33)38-15-13-36-22-10-9-21(16-19(22)6-11-23(30)34-3)35-12-14-37-25(32)28-17-39-24(31)27-2;2*1-18-14(17)5-2-11-10-12(19-8-6-15)3-4-13(11)20-9-7-16;1-14-10(13)5-2-7-6-8(11)3-4-9(7)12;11-5-9-7-1-2-8(4-3-7)10-6-12;4-3-5-1-2-6-3;2-1-4-3;;;;;/h6,9-11,16,18,20H,4-5,7-8,12-15,17H2,1-3H3,(H,27,31)(H,28,32)(H,29,33);2*2-5,10,15-16H,6-9H2,1H3;2-6,11-12H,1H3;7-8H,1-4H2;1-2H2;1,3H;2*1H4;;;/q;;;;;;;;;2*+1;-1/p-1/b11-6+;3*5-2+;;;;;;;;. The summed E-state index contributed by atoms with van der Waals surface area (Å²) >= 11 is 0. The van der Waals surface area contributed by atoms with Crippen LogP contribution in [0.1, 0.15) is 96.8 Å². The molecule has 4 aromatic rings. The number of aliphatic hydroxyl groups is 4. The summed E-state index contributed by atoms with van der Waals surface area (Å²) in [5.74, 6) is 1.61. The van der Waals surface area contributed by atoms with E-state index < -0.39 is 48.3 Å². The Balaban J connectivity index is -0.000000466. The number of rotatable bonds is 34. The van der Waals surface area contributed by atoms with Gasteiger partial charge in [0.1, 0.15) is 112 Å². The molecule has 0 spiro atoms. The van der Waals surface area contributed by atoms with Crippen molar-refractivity contribution in [3.8, 4) is 46.0 Å². The van der Waals surface area contributed by atoms with E-state index in [1.165, 1.54) is 96.2 Å². The van der Waals surface area contributed by atoms with Gasteiger partial charge in [-0.2, -0.15) is 0 Å². The predicted molar refractivity (Wildman–Crippen MR) is 417 cm³/mol. The topological polar surface area (TPSA) is 541 Å². The number of aliphatic hydroxyl groups excluding tert-OH is 4. The van der Waals surface area contributed by atoms with Crippen molar-refractivity contribution in [3.63, 3.8) is 0 Å². The minimum Gasteiger partial charge on any atom is -1.00 e. The van der Waals surface area contributed by atoms with Gasteiger partial charge >= 0.3 is 151 Å². The number of ether oxygens (including phenoxy) is 15. The molecule has 119 heavy (non-hydrogen) atoms. The Labute approximate surface area is 775 Å². The molecule has 0 bridgehead atoms. The van der Waals surface area contributed by atoms with Crippen LogP contribution < -0.4 is 152 Å². The summed E-state index contributed by atoms with van der Waals surface area (Å²) in [7, 11) is 6.49. The van der Waals surface area contributed by atoms with E-state index in [1.807, 2.05) is 0 Å². The number of cyclic esters (lactones) is 2. The summed E-state index contributed by atoms with van der Waals surface area (Å²) in [5, 5.41) is 69.2. The smallest absolute Gasteiger partial charge is 1.00 e. The number of methoxy groups -OCH3 is 4. The molecule has 0 atom stereocenters. The van der Waals surface area contributed by atoms with Gasteiger partial charge in [0.05, 0.1) is 67.0 Å². The molecular weight excluding hydrogens is 1630 g/mol. The second-order valence-corrected chi connectivity index (χ2v) is 22.7. The maximum atomic E-state index is 12.1. The predicted octanol–water partition coefficient (Wildman–Crippen LogP) is 0.439. The van der Waals surface area contributed by atoms with Crippen molar-refractivity contribution in [2.24, 2.45) is 15.9 Å². The Kier molecular flexibility index (Phi) is 72.8. The largest absolute Gasteiger partial charge is 1.00 e. The fourth-order valence-electron chi connectivity index (χ4n) is 9.08. The molecule has 2 saturated carbocycles. The first-order valence-electron chi connectivity index (χ1n) is 35.1. The van der Waals surface area contributed by atoms with Gasteiger partial charge in [0.15, 0.2) is 6.73 Å². The number of amides is 3. The van der Waals surface area contributed by atoms with Crippen molar-refractivity contribution in [1.82, 2.24) is 16.0 Å². The van der Waals surface area contributed by atoms with Gasteiger partial charge in [-0.25, -0.2) is 57.9 Å². The second kappa shape index (κ2) is 74.8. The SMILES string of the molecule is C.C.CNC(=O)OCNC(=O)OCCOc1ccc(OCCOC(=O)NC2CCC(C)CC2)c(/C=C/C(=O)OC)c1.COC(=O)/C=C/c1cc(O)ccc1O.COC(=O)/C=C/c1cc(OCCO)ccc1OCCO.COC(=O)/C=C/c1cc(OCCO)ccc1OCCO.O=C1OCCO1.O=C=NC1CCC(N=C=O)CC1.O=CO[O-].[H-].[K+].[K+]. The van der Waals surface area contributed by atoms with Crippen LogP contribution in [0, 0.1) is 5.92 Å². The summed E-state index contributed by atoms with van der Waals surface area (Å²) in [5.41, 5.74) is 2.10. The molecular formula is C78H107K2N5O34. The molecule has 9 N–H and O–H groups in total. The Morgan fingerprint density at radius 3 is 1.22 bits per heavy atom. The number of alkyl carbamates (subject to hydrolysis) is 3. The summed E-state index contributed by atoms with van der Waals surface area (Å²) in [6.07, 6.45) is 18.8. The van der Waals surface area contributed by atoms with Gasteiger partial charge in [-0.05, 0) is 154 Å². The molecule has 39 nitrogen and oxygen atoms in total. The summed E-state index contributed by atoms with van der Waals surface area (Å²) in [6, 6.07) is 19.3. The number of nitrogens with zero attached hydrogens (tertiary/aromatic N) is 2. The zero-order valence-corrected chi connectivity index (χ0v) is 72.5. The van der Waals surface area contributed by atoms with Crippen LogP contribution in [-0.2, 0) is 81.1 Å². The van der Waals surface area contributed by atoms with Crippen molar-refractivity contribution in [3.05, 3.63) is 119 Å². The van der Waals surface area contributed by atoms with Gasteiger partial charge in [-0.15, -0.1) is 0 Å². The second-order valence-electron chi connectivity index (χ2n) is 22.7. The van der Waals surface area contributed by atoms with Crippen molar-refractivity contribution in [2.45, 2.75) is 91.3 Å². The van der Waals surface area contributed by atoms with Crippen LogP contribution in [0.3, 0.4) is 0 Å². The first-order valence-corrected chi connectivity index (χ1v) is 35.1. The monoisotopic (exact) mass is 1740 g/mol. The summed E-state index contributed by atoms with van der Waals surface area (Å²) < 4.78 is 74.0. The Morgan fingerprint density at radius 2 is 0.866 bits per heavy atom. The van der Waals surface area contributed by atoms with E-state index in [1.54, 1.807) is 66.8 Å². The van der Waals surface area contributed by atoms with E-state index in [0.717, 1.165) is 57.4 Å². The number of benzene rings is 4. The normalized spacial score (nSPS) is 14.2. The molecule has 4 aromatic carbocycles. The van der Waals surface area contributed by atoms with Crippen LogP contribution in [-0.4, -0.2) is 250 Å². The van der Waals surface area contributed by atoms with E-state index in [9.17, 15) is 53.1 Å². The number of isocyanates is 2. The number of aromatic hydroxyl groups is 2. The van der Waals surface area contributed by atoms with Gasteiger partial charge in [0.25, 0.3) is 6.47 Å². The molecule has 0 aromatic heterocycles. The van der Waals surface area contributed by atoms with Gasteiger partial charge in [-0.3, -0.25) is 10.1 Å². The van der Waals surface area contributed by atoms with Crippen LogP contribution in [0.25, 0.3) is 24.3 Å². The van der Waals surface area contributed by atoms with E-state index in [2.05, 4.69) is 70.9 Å². The summed E-state index contributed by atoms with van der Waals surface area (Å²) in [4.78, 5) is 127. The van der Waals surface area contributed by atoms with E-state index in [-0.39, 0.29) is 241 Å². The number of esters is 4. The van der Waals surface area contributed by atoms with Crippen molar-refractivity contribution < 1.29 is 269 Å². The fraction of sp³-hybridized carbons (Fsp3) is 0.449. The quantitative estimate of drug-likeness (QED) is 0.00249. The molecule has 1 aliphatic heterocycles. The molecule has 0 radical (unpaired) electrons. The zero-order chi connectivity index (χ0) is 85.2. The van der Waals surface area contributed by atoms with E-state index >= 15 is 0 Å². The fourth-order valence-corrected chi connectivity index (χ4v) is 9.08. The Morgan fingerprint density at radius 1 is 0.504 bits per heavy atom. The maximum absolute atomic E-state index is 12.1. The Bertz CT molecular complexity index is 3670.